The van der Waals surface area contributed by atoms with Crippen molar-refractivity contribution in [1.29, 1.82) is 0 Å². The third-order valence-electron chi connectivity index (χ3n) is 3.66. The van der Waals surface area contributed by atoms with Gasteiger partial charge in [-0.1, -0.05) is 6.92 Å². The van der Waals surface area contributed by atoms with Gasteiger partial charge >= 0.3 is 0 Å². The summed E-state index contributed by atoms with van der Waals surface area (Å²) in [6.45, 7) is 7.74. The first-order chi connectivity index (χ1) is 10.1. The number of nitrogens with one attached hydrogen (secondary N) is 1. The average Bonchev–Trinajstić information content (AvgIpc) is 3.01. The molecule has 1 atom stereocenters. The monoisotopic (exact) mass is 332 g/mol. The standard InChI is InChI=1S/C13H24N4O2S2/c1-3-4-14-11-12(2)21(18,19)17-8-6-16(7-9-17)13-15-5-10-20-13/h5,10,12,14H,3-4,6-9,11H2,1-2H3. The molecule has 0 bridgehead atoms. The fourth-order valence-corrected chi connectivity index (χ4v) is 4.55. The van der Waals surface area contributed by atoms with Gasteiger partial charge in [-0.15, -0.1) is 11.3 Å². The number of sulfonamides is 1. The highest BCUT2D eigenvalue weighted by Gasteiger charge is 2.31. The van der Waals surface area contributed by atoms with Crippen LogP contribution in [-0.4, -0.2) is 62.2 Å². The van der Waals surface area contributed by atoms with Crippen LogP contribution in [0.4, 0.5) is 5.13 Å². The normalized spacial score (nSPS) is 18.9. The van der Waals surface area contributed by atoms with Crippen molar-refractivity contribution in [2.45, 2.75) is 25.5 Å². The largest absolute Gasteiger partial charge is 0.345 e. The first kappa shape index (κ1) is 16.7. The van der Waals surface area contributed by atoms with Gasteiger partial charge in [0.2, 0.25) is 10.0 Å². The number of hydrogen-bond acceptors (Lipinski definition) is 6. The van der Waals surface area contributed by atoms with E-state index in [1.54, 1.807) is 28.8 Å². The minimum absolute atomic E-state index is 0.379. The smallest absolute Gasteiger partial charge is 0.218 e. The van der Waals surface area contributed by atoms with Gasteiger partial charge in [-0.25, -0.2) is 13.4 Å². The summed E-state index contributed by atoms with van der Waals surface area (Å²) in [5.74, 6) is 0. The molecule has 1 aromatic heterocycles. The average molecular weight is 332 g/mol. The number of anilines is 1. The van der Waals surface area contributed by atoms with Crippen molar-refractivity contribution in [3.8, 4) is 0 Å². The summed E-state index contributed by atoms with van der Waals surface area (Å²) < 4.78 is 26.7. The Morgan fingerprint density at radius 3 is 2.67 bits per heavy atom. The topological polar surface area (TPSA) is 65.5 Å². The van der Waals surface area contributed by atoms with Crippen molar-refractivity contribution in [2.24, 2.45) is 0 Å². The zero-order chi connectivity index (χ0) is 15.3. The van der Waals surface area contributed by atoms with Crippen LogP contribution < -0.4 is 10.2 Å². The summed E-state index contributed by atoms with van der Waals surface area (Å²) in [4.78, 5) is 6.43. The van der Waals surface area contributed by atoms with Crippen molar-refractivity contribution in [1.82, 2.24) is 14.6 Å². The van der Waals surface area contributed by atoms with Gasteiger partial charge in [-0.05, 0) is 19.9 Å². The molecule has 1 N–H and O–H groups in total. The van der Waals surface area contributed by atoms with E-state index in [1.807, 2.05) is 5.38 Å². The zero-order valence-corrected chi connectivity index (χ0v) is 14.3. The molecule has 1 aliphatic rings. The third kappa shape index (κ3) is 4.15. The van der Waals surface area contributed by atoms with Crippen LogP contribution in [0.3, 0.4) is 0 Å². The highest BCUT2D eigenvalue weighted by molar-refractivity contribution is 7.89. The third-order valence-corrected chi connectivity index (χ3v) is 6.76. The van der Waals surface area contributed by atoms with E-state index in [2.05, 4.69) is 22.1 Å². The van der Waals surface area contributed by atoms with Crippen LogP contribution in [0.25, 0.3) is 0 Å². The summed E-state index contributed by atoms with van der Waals surface area (Å²) in [5, 5.41) is 5.73. The predicted molar refractivity (Wildman–Crippen MR) is 87.4 cm³/mol. The fraction of sp³-hybridized carbons (Fsp3) is 0.769. The van der Waals surface area contributed by atoms with Crippen LogP contribution >= 0.6 is 11.3 Å². The molecule has 1 aromatic rings. The van der Waals surface area contributed by atoms with Crippen LogP contribution in [-0.2, 0) is 10.0 Å². The summed E-state index contributed by atoms with van der Waals surface area (Å²) in [6, 6.07) is 0. The molecule has 0 radical (unpaired) electrons. The van der Waals surface area contributed by atoms with Gasteiger partial charge < -0.3 is 10.2 Å². The van der Waals surface area contributed by atoms with Crippen LogP contribution in [0.1, 0.15) is 20.3 Å². The number of rotatable bonds is 7. The van der Waals surface area contributed by atoms with E-state index in [1.165, 1.54) is 0 Å². The Kier molecular flexibility index (Phi) is 5.98. The minimum atomic E-state index is -3.21. The second kappa shape index (κ2) is 7.53. The van der Waals surface area contributed by atoms with E-state index in [9.17, 15) is 8.42 Å². The molecule has 0 aromatic carbocycles. The second-order valence-corrected chi connectivity index (χ2v) is 8.48. The molecule has 8 heteroatoms. The van der Waals surface area contributed by atoms with Gasteiger partial charge in [0.15, 0.2) is 5.13 Å². The van der Waals surface area contributed by atoms with Crippen molar-refractivity contribution in [3.05, 3.63) is 11.6 Å². The molecule has 0 aliphatic carbocycles. The van der Waals surface area contributed by atoms with Crippen LogP contribution in [0.5, 0.6) is 0 Å². The highest BCUT2D eigenvalue weighted by atomic mass is 32.2. The van der Waals surface area contributed by atoms with Crippen molar-refractivity contribution in [2.75, 3.05) is 44.2 Å². The molecule has 1 aliphatic heterocycles. The lowest BCUT2D eigenvalue weighted by atomic mass is 10.4. The van der Waals surface area contributed by atoms with Crippen LogP contribution in [0.15, 0.2) is 11.6 Å². The van der Waals surface area contributed by atoms with E-state index in [4.69, 9.17) is 0 Å². The number of piperazine rings is 1. The molecule has 21 heavy (non-hydrogen) atoms. The molecule has 0 spiro atoms. The molecule has 1 fully saturated rings. The maximum absolute atomic E-state index is 12.5. The van der Waals surface area contributed by atoms with E-state index in [0.29, 0.717) is 32.7 Å². The summed E-state index contributed by atoms with van der Waals surface area (Å²) in [6.07, 6.45) is 2.80. The Morgan fingerprint density at radius 1 is 1.38 bits per heavy atom. The van der Waals surface area contributed by atoms with Crippen molar-refractivity contribution in [3.63, 3.8) is 0 Å². The first-order valence-corrected chi connectivity index (χ1v) is 9.78. The van der Waals surface area contributed by atoms with Crippen LogP contribution in [0, 0.1) is 0 Å². The molecule has 2 rings (SSSR count). The van der Waals surface area contributed by atoms with Gasteiger partial charge in [-0.3, -0.25) is 0 Å². The highest BCUT2D eigenvalue weighted by Crippen LogP contribution is 2.20. The number of nitrogens with zero attached hydrogens (tertiary/aromatic N) is 3. The molecule has 1 saturated heterocycles. The lowest BCUT2D eigenvalue weighted by molar-refractivity contribution is 0.378. The van der Waals surface area contributed by atoms with E-state index >= 15 is 0 Å². The van der Waals surface area contributed by atoms with Crippen molar-refractivity contribution < 1.29 is 8.42 Å². The van der Waals surface area contributed by atoms with Gasteiger partial charge in [-0.2, -0.15) is 4.31 Å². The number of aromatic nitrogens is 1. The van der Waals surface area contributed by atoms with Gasteiger partial charge in [0, 0.05) is 44.3 Å². The predicted octanol–water partition coefficient (Wildman–Crippen LogP) is 0.983. The molecule has 1 unspecified atom stereocenters. The van der Waals surface area contributed by atoms with E-state index in [-0.39, 0.29) is 5.25 Å². The Morgan fingerprint density at radius 2 is 2.10 bits per heavy atom. The first-order valence-electron chi connectivity index (χ1n) is 7.39. The molecular weight excluding hydrogens is 308 g/mol. The Bertz CT molecular complexity index is 510. The Labute approximate surface area is 131 Å². The Hall–Kier alpha value is -0.700. The fourth-order valence-electron chi connectivity index (χ4n) is 2.35. The van der Waals surface area contributed by atoms with Gasteiger partial charge in [0.05, 0.1) is 5.25 Å². The Balaban J connectivity index is 1.88. The molecule has 120 valence electrons. The quantitative estimate of drug-likeness (QED) is 0.754. The number of thiazole rings is 1. The SMILES string of the molecule is CCCNCC(C)S(=O)(=O)N1CCN(c2nccs2)CC1. The molecule has 2 heterocycles. The maximum Gasteiger partial charge on any atom is 0.218 e. The van der Waals surface area contributed by atoms with Gasteiger partial charge in [0.1, 0.15) is 0 Å². The van der Waals surface area contributed by atoms with E-state index in [0.717, 1.165) is 18.1 Å². The lowest BCUT2D eigenvalue weighted by Gasteiger charge is -2.35. The summed E-state index contributed by atoms with van der Waals surface area (Å²) in [5.41, 5.74) is 0. The molecular formula is C13H24N4O2S2. The maximum atomic E-state index is 12.5. The zero-order valence-electron chi connectivity index (χ0n) is 12.7. The summed E-state index contributed by atoms with van der Waals surface area (Å²) >= 11 is 1.59. The second-order valence-electron chi connectivity index (χ2n) is 5.26. The molecule has 6 nitrogen and oxygen atoms in total. The van der Waals surface area contributed by atoms with Crippen molar-refractivity contribution >= 4 is 26.5 Å². The van der Waals surface area contributed by atoms with E-state index < -0.39 is 10.0 Å². The molecule has 0 amide bonds. The number of hydrogen-bond donors (Lipinski definition) is 1. The van der Waals surface area contributed by atoms with Gasteiger partial charge in [0.25, 0.3) is 0 Å². The summed E-state index contributed by atoms with van der Waals surface area (Å²) in [7, 11) is -3.21. The minimum Gasteiger partial charge on any atom is -0.345 e. The molecule has 0 saturated carbocycles. The van der Waals surface area contributed by atoms with Crippen LogP contribution in [0.2, 0.25) is 0 Å². The lowest BCUT2D eigenvalue weighted by Crippen LogP contribution is -2.52.